The average Bonchev–Trinajstić information content (AvgIpc) is 1.85. The first-order chi connectivity index (χ1) is 5.09. The normalized spacial score (nSPS) is 10.6. The van der Waals surface area contributed by atoms with Crippen LogP contribution >= 0.6 is 23.2 Å². The molecule has 60 valence electrons. The van der Waals surface area contributed by atoms with Crippen molar-refractivity contribution in [2.45, 2.75) is 6.43 Å². The van der Waals surface area contributed by atoms with E-state index in [-0.39, 0.29) is 10.2 Å². The van der Waals surface area contributed by atoms with Crippen molar-refractivity contribution >= 4 is 23.2 Å². The molecule has 1 nitrogen and oxygen atoms in total. The monoisotopic (exact) mass is 197 g/mol. The maximum absolute atomic E-state index is 11.9. The molecule has 1 rings (SSSR count). The predicted octanol–water partition coefficient (Wildman–Crippen LogP) is 3.33. The van der Waals surface area contributed by atoms with E-state index in [2.05, 4.69) is 4.98 Å². The van der Waals surface area contributed by atoms with Crippen molar-refractivity contribution in [1.82, 2.24) is 4.98 Å². The first-order valence-corrected chi connectivity index (χ1v) is 3.46. The molecule has 0 bridgehead atoms. The molecular weight excluding hydrogens is 195 g/mol. The zero-order chi connectivity index (χ0) is 8.43. The maximum atomic E-state index is 11.9. The Kier molecular flexibility index (Phi) is 2.62. The van der Waals surface area contributed by atoms with Crippen LogP contribution in [-0.2, 0) is 0 Å². The second kappa shape index (κ2) is 3.32. The molecule has 0 fully saturated rings. The van der Waals surface area contributed by atoms with Gasteiger partial charge in [-0.15, -0.1) is 0 Å². The smallest absolute Gasteiger partial charge is 0.235 e. The van der Waals surface area contributed by atoms with E-state index in [1.54, 1.807) is 0 Å². The average molecular weight is 198 g/mol. The number of aromatic nitrogens is 1. The molecule has 0 N–H and O–H groups in total. The van der Waals surface area contributed by atoms with E-state index in [1.807, 2.05) is 0 Å². The third-order valence-electron chi connectivity index (χ3n) is 1.00. The van der Waals surface area contributed by atoms with Gasteiger partial charge >= 0.3 is 0 Å². The molecule has 0 aliphatic carbocycles. The molecular formula is C6H3Cl2F2N. The summed E-state index contributed by atoms with van der Waals surface area (Å²) < 4.78 is 23.9. The molecule has 1 aromatic heterocycles. The number of alkyl halides is 2. The highest BCUT2D eigenvalue weighted by Gasteiger charge is 2.09. The van der Waals surface area contributed by atoms with Gasteiger partial charge in [-0.3, -0.25) is 0 Å². The fourth-order valence-corrected chi connectivity index (χ4v) is 1.08. The Balaban J connectivity index is 3.08. The van der Waals surface area contributed by atoms with Gasteiger partial charge in [-0.05, 0) is 12.1 Å². The zero-order valence-corrected chi connectivity index (χ0v) is 6.70. The lowest BCUT2D eigenvalue weighted by Gasteiger charge is -1.98. The standard InChI is InChI=1S/C6H3Cl2F2N/c7-3-1-4(6(9)10)11-5(8)2-3/h1-2,6H. The van der Waals surface area contributed by atoms with Crippen LogP contribution < -0.4 is 0 Å². The van der Waals surface area contributed by atoms with Crippen LogP contribution in [0.1, 0.15) is 12.1 Å². The van der Waals surface area contributed by atoms with Gasteiger partial charge in [0.05, 0.1) is 0 Å². The Morgan fingerprint density at radius 3 is 2.36 bits per heavy atom. The summed E-state index contributed by atoms with van der Waals surface area (Å²) in [7, 11) is 0. The van der Waals surface area contributed by atoms with Crippen molar-refractivity contribution in [1.29, 1.82) is 0 Å². The van der Waals surface area contributed by atoms with Crippen molar-refractivity contribution in [3.63, 3.8) is 0 Å². The van der Waals surface area contributed by atoms with E-state index in [0.717, 1.165) is 6.07 Å². The van der Waals surface area contributed by atoms with Crippen LogP contribution in [-0.4, -0.2) is 4.98 Å². The Bertz CT molecular complexity index is 245. The lowest BCUT2D eigenvalue weighted by molar-refractivity contribution is 0.146. The second-order valence-corrected chi connectivity index (χ2v) is 2.66. The number of halogens is 4. The Labute approximate surface area is 72.0 Å². The molecule has 0 atom stereocenters. The van der Waals surface area contributed by atoms with Crippen molar-refractivity contribution in [3.8, 4) is 0 Å². The molecule has 0 saturated heterocycles. The first-order valence-electron chi connectivity index (χ1n) is 2.70. The maximum Gasteiger partial charge on any atom is 0.280 e. The highest BCUT2D eigenvalue weighted by molar-refractivity contribution is 6.33. The molecule has 11 heavy (non-hydrogen) atoms. The third kappa shape index (κ3) is 2.27. The summed E-state index contributed by atoms with van der Waals surface area (Å²) in [5.41, 5.74) is -0.400. The third-order valence-corrected chi connectivity index (χ3v) is 1.41. The Morgan fingerprint density at radius 2 is 1.91 bits per heavy atom. The minimum Gasteiger partial charge on any atom is -0.235 e. The molecule has 0 aliphatic heterocycles. The van der Waals surface area contributed by atoms with Gasteiger partial charge in [0.25, 0.3) is 6.43 Å². The van der Waals surface area contributed by atoms with E-state index in [1.165, 1.54) is 6.07 Å². The van der Waals surface area contributed by atoms with Crippen LogP contribution in [0.4, 0.5) is 8.78 Å². The summed E-state index contributed by atoms with van der Waals surface area (Å²) >= 11 is 10.8. The minimum atomic E-state index is -2.63. The highest BCUT2D eigenvalue weighted by atomic mass is 35.5. The molecule has 0 spiro atoms. The van der Waals surface area contributed by atoms with Gasteiger partial charge in [0.15, 0.2) is 0 Å². The molecule has 0 radical (unpaired) electrons. The number of rotatable bonds is 1. The van der Waals surface area contributed by atoms with Crippen LogP contribution in [0.15, 0.2) is 12.1 Å². The van der Waals surface area contributed by atoms with E-state index < -0.39 is 12.1 Å². The quantitative estimate of drug-likeness (QED) is 0.630. The lowest BCUT2D eigenvalue weighted by atomic mass is 10.4. The van der Waals surface area contributed by atoms with Gasteiger partial charge in [0.2, 0.25) is 0 Å². The van der Waals surface area contributed by atoms with Crippen molar-refractivity contribution in [2.75, 3.05) is 0 Å². The van der Waals surface area contributed by atoms with Gasteiger partial charge < -0.3 is 0 Å². The summed E-state index contributed by atoms with van der Waals surface area (Å²) in [5.74, 6) is 0. The summed E-state index contributed by atoms with van der Waals surface area (Å²) in [5, 5.41) is 0.146. The molecule has 5 heteroatoms. The predicted molar refractivity (Wildman–Crippen MR) is 39.2 cm³/mol. The molecule has 0 amide bonds. The summed E-state index contributed by atoms with van der Waals surface area (Å²) in [6.07, 6.45) is -2.63. The number of nitrogens with zero attached hydrogens (tertiary/aromatic N) is 1. The molecule has 1 heterocycles. The number of pyridine rings is 1. The fourth-order valence-electron chi connectivity index (χ4n) is 0.596. The molecule has 1 aromatic rings. The van der Waals surface area contributed by atoms with Gasteiger partial charge in [-0.2, -0.15) is 0 Å². The lowest BCUT2D eigenvalue weighted by Crippen LogP contribution is -1.89. The van der Waals surface area contributed by atoms with E-state index in [9.17, 15) is 8.78 Å². The zero-order valence-electron chi connectivity index (χ0n) is 5.19. The van der Waals surface area contributed by atoms with Gasteiger partial charge in [-0.25, -0.2) is 13.8 Å². The Hall–Kier alpha value is -0.410. The fraction of sp³-hybridized carbons (Fsp3) is 0.167. The first kappa shape index (κ1) is 8.68. The second-order valence-electron chi connectivity index (χ2n) is 1.83. The minimum absolute atomic E-state index is 0.0206. The molecule has 0 aromatic carbocycles. The summed E-state index contributed by atoms with van der Waals surface area (Å²) in [6.45, 7) is 0. The van der Waals surface area contributed by atoms with E-state index in [4.69, 9.17) is 23.2 Å². The SMILES string of the molecule is FC(F)c1cc(Cl)cc(Cl)n1. The number of hydrogen-bond acceptors (Lipinski definition) is 1. The van der Waals surface area contributed by atoms with Crippen LogP contribution in [0.2, 0.25) is 10.2 Å². The van der Waals surface area contributed by atoms with Crippen LogP contribution in [0.3, 0.4) is 0 Å². The summed E-state index contributed by atoms with van der Waals surface area (Å²) in [6, 6.07) is 2.38. The summed E-state index contributed by atoms with van der Waals surface area (Å²) in [4.78, 5) is 3.36. The van der Waals surface area contributed by atoms with Gasteiger partial charge in [0, 0.05) is 5.02 Å². The van der Waals surface area contributed by atoms with Gasteiger partial charge in [-0.1, -0.05) is 23.2 Å². The largest absolute Gasteiger partial charge is 0.280 e. The van der Waals surface area contributed by atoms with E-state index >= 15 is 0 Å². The van der Waals surface area contributed by atoms with Crippen molar-refractivity contribution in [3.05, 3.63) is 28.0 Å². The molecule has 0 saturated carbocycles. The molecule has 0 unspecified atom stereocenters. The topological polar surface area (TPSA) is 12.9 Å². The van der Waals surface area contributed by atoms with Crippen LogP contribution in [0, 0.1) is 0 Å². The van der Waals surface area contributed by atoms with Crippen molar-refractivity contribution in [2.24, 2.45) is 0 Å². The van der Waals surface area contributed by atoms with Crippen LogP contribution in [0.5, 0.6) is 0 Å². The van der Waals surface area contributed by atoms with Gasteiger partial charge in [0.1, 0.15) is 10.8 Å². The molecule has 0 aliphatic rings. The highest BCUT2D eigenvalue weighted by Crippen LogP contribution is 2.22. The van der Waals surface area contributed by atoms with Crippen molar-refractivity contribution < 1.29 is 8.78 Å². The van der Waals surface area contributed by atoms with Crippen LogP contribution in [0.25, 0.3) is 0 Å². The Morgan fingerprint density at radius 1 is 1.27 bits per heavy atom. The number of hydrogen-bond donors (Lipinski definition) is 0. The van der Waals surface area contributed by atoms with E-state index in [0.29, 0.717) is 0 Å².